The van der Waals surface area contributed by atoms with Crippen LogP contribution in [-0.4, -0.2) is 25.2 Å². The van der Waals surface area contributed by atoms with Crippen LogP contribution in [0.3, 0.4) is 0 Å². The quantitative estimate of drug-likeness (QED) is 0.464. The Balaban J connectivity index is 1.65. The summed E-state index contributed by atoms with van der Waals surface area (Å²) in [7, 11) is 0. The molecule has 1 aromatic heterocycles. The van der Waals surface area contributed by atoms with Gasteiger partial charge < -0.3 is 13.9 Å². The summed E-state index contributed by atoms with van der Waals surface area (Å²) >= 11 is 0. The third-order valence-electron chi connectivity index (χ3n) is 2.50. The number of carbonyl (C=O) groups excluding carboxylic acids is 2. The molecule has 0 unspecified atom stereocenters. The van der Waals surface area contributed by atoms with Crippen LogP contribution in [0.15, 0.2) is 59.2 Å². The molecular formula is C16H14O5. The molecule has 0 saturated heterocycles. The van der Waals surface area contributed by atoms with E-state index in [2.05, 4.69) is 0 Å². The fourth-order valence-corrected chi connectivity index (χ4v) is 1.52. The van der Waals surface area contributed by atoms with Gasteiger partial charge in [0.05, 0.1) is 11.8 Å². The molecule has 0 bridgehead atoms. The van der Waals surface area contributed by atoms with Crippen molar-refractivity contribution >= 4 is 18.0 Å². The Morgan fingerprint density at radius 1 is 1.00 bits per heavy atom. The van der Waals surface area contributed by atoms with E-state index in [1.54, 1.807) is 36.4 Å². The van der Waals surface area contributed by atoms with Crippen molar-refractivity contribution in [3.63, 3.8) is 0 Å². The van der Waals surface area contributed by atoms with Crippen LogP contribution in [0.1, 0.15) is 16.1 Å². The summed E-state index contributed by atoms with van der Waals surface area (Å²) in [5.41, 5.74) is 0.460. The topological polar surface area (TPSA) is 65.7 Å². The largest absolute Gasteiger partial charge is 0.465 e. The van der Waals surface area contributed by atoms with Crippen LogP contribution in [0, 0.1) is 0 Å². The minimum atomic E-state index is -0.526. The standard InChI is InChI=1S/C16H14O5/c17-15(9-8-14-7-4-10-19-14)20-11-12-21-16(18)13-5-2-1-3-6-13/h1-10H,11-12H2/b9-8+. The fourth-order valence-electron chi connectivity index (χ4n) is 1.52. The van der Waals surface area contributed by atoms with Crippen LogP contribution < -0.4 is 0 Å². The molecule has 0 N–H and O–H groups in total. The third kappa shape index (κ3) is 4.99. The maximum atomic E-state index is 11.6. The maximum absolute atomic E-state index is 11.6. The van der Waals surface area contributed by atoms with Gasteiger partial charge in [0.1, 0.15) is 19.0 Å². The Bertz CT molecular complexity index is 599. The molecule has 0 radical (unpaired) electrons. The summed E-state index contributed by atoms with van der Waals surface area (Å²) in [4.78, 5) is 22.9. The molecule has 0 fully saturated rings. The highest BCUT2D eigenvalue weighted by molar-refractivity contribution is 5.89. The van der Waals surface area contributed by atoms with E-state index in [0.717, 1.165) is 0 Å². The van der Waals surface area contributed by atoms with Gasteiger partial charge in [-0.15, -0.1) is 0 Å². The SMILES string of the molecule is O=C(/C=C/c1ccco1)OCCOC(=O)c1ccccc1. The van der Waals surface area contributed by atoms with E-state index in [1.165, 1.54) is 18.4 Å². The van der Waals surface area contributed by atoms with E-state index in [-0.39, 0.29) is 13.2 Å². The third-order valence-corrected chi connectivity index (χ3v) is 2.50. The molecule has 0 aliphatic rings. The number of rotatable bonds is 6. The van der Waals surface area contributed by atoms with Crippen LogP contribution in [0.25, 0.3) is 6.08 Å². The van der Waals surface area contributed by atoms with Crippen molar-refractivity contribution in [1.82, 2.24) is 0 Å². The lowest BCUT2D eigenvalue weighted by Gasteiger charge is -2.04. The molecule has 2 rings (SSSR count). The van der Waals surface area contributed by atoms with Gasteiger partial charge in [-0.1, -0.05) is 18.2 Å². The summed E-state index contributed by atoms with van der Waals surface area (Å²) in [6.07, 6.45) is 4.25. The van der Waals surface area contributed by atoms with E-state index < -0.39 is 11.9 Å². The predicted molar refractivity (Wildman–Crippen MR) is 75.4 cm³/mol. The molecule has 1 aromatic carbocycles. The van der Waals surface area contributed by atoms with Crippen molar-refractivity contribution in [3.8, 4) is 0 Å². The van der Waals surface area contributed by atoms with Crippen molar-refractivity contribution in [3.05, 3.63) is 66.1 Å². The van der Waals surface area contributed by atoms with E-state index >= 15 is 0 Å². The van der Waals surface area contributed by atoms with Gasteiger partial charge in [-0.25, -0.2) is 9.59 Å². The van der Waals surface area contributed by atoms with Crippen molar-refractivity contribution in [2.24, 2.45) is 0 Å². The Hall–Kier alpha value is -2.82. The summed E-state index contributed by atoms with van der Waals surface area (Å²) in [5.74, 6) is -0.414. The smallest absolute Gasteiger partial charge is 0.338 e. The van der Waals surface area contributed by atoms with Gasteiger partial charge in [0.2, 0.25) is 0 Å². The normalized spacial score (nSPS) is 10.5. The van der Waals surface area contributed by atoms with Gasteiger partial charge in [-0.3, -0.25) is 0 Å². The number of hydrogen-bond donors (Lipinski definition) is 0. The summed E-state index contributed by atoms with van der Waals surface area (Å²) in [6.45, 7) is 0.00790. The highest BCUT2D eigenvalue weighted by Crippen LogP contribution is 2.03. The first-order chi connectivity index (χ1) is 10.3. The first-order valence-corrected chi connectivity index (χ1v) is 6.36. The van der Waals surface area contributed by atoms with Crippen LogP contribution in [-0.2, 0) is 14.3 Å². The maximum Gasteiger partial charge on any atom is 0.338 e. The molecule has 108 valence electrons. The number of hydrogen-bond acceptors (Lipinski definition) is 5. The van der Waals surface area contributed by atoms with Gasteiger partial charge in [-0.05, 0) is 30.3 Å². The molecule has 2 aromatic rings. The van der Waals surface area contributed by atoms with Gasteiger partial charge >= 0.3 is 11.9 Å². The van der Waals surface area contributed by atoms with E-state index in [1.807, 2.05) is 6.07 Å². The Morgan fingerprint density at radius 3 is 2.48 bits per heavy atom. The van der Waals surface area contributed by atoms with Crippen LogP contribution in [0.2, 0.25) is 0 Å². The number of ether oxygens (including phenoxy) is 2. The second-order valence-electron chi connectivity index (χ2n) is 4.02. The van der Waals surface area contributed by atoms with Crippen molar-refractivity contribution in [1.29, 1.82) is 0 Å². The first kappa shape index (κ1) is 14.6. The number of carbonyl (C=O) groups is 2. The lowest BCUT2D eigenvalue weighted by atomic mass is 10.2. The average molecular weight is 286 g/mol. The van der Waals surface area contributed by atoms with E-state index in [9.17, 15) is 9.59 Å². The van der Waals surface area contributed by atoms with Gasteiger partial charge in [0.15, 0.2) is 0 Å². The zero-order chi connectivity index (χ0) is 14.9. The monoisotopic (exact) mass is 286 g/mol. The lowest BCUT2D eigenvalue weighted by molar-refractivity contribution is -0.138. The molecule has 0 aliphatic carbocycles. The van der Waals surface area contributed by atoms with Crippen molar-refractivity contribution < 1.29 is 23.5 Å². The second-order valence-corrected chi connectivity index (χ2v) is 4.02. The number of esters is 2. The molecule has 0 aliphatic heterocycles. The van der Waals surface area contributed by atoms with Crippen LogP contribution in [0.4, 0.5) is 0 Å². The minimum Gasteiger partial charge on any atom is -0.465 e. The fraction of sp³-hybridized carbons (Fsp3) is 0.125. The Kier molecular flexibility index (Phi) is 5.34. The summed E-state index contributed by atoms with van der Waals surface area (Å²) in [5, 5.41) is 0. The molecule has 1 heterocycles. The highest BCUT2D eigenvalue weighted by Gasteiger charge is 2.06. The van der Waals surface area contributed by atoms with Crippen LogP contribution in [0.5, 0.6) is 0 Å². The molecule has 5 heteroatoms. The zero-order valence-electron chi connectivity index (χ0n) is 11.2. The summed E-state index contributed by atoms with van der Waals surface area (Å²) < 4.78 is 14.9. The average Bonchev–Trinajstić information content (AvgIpc) is 3.03. The molecule has 0 saturated carbocycles. The molecule has 5 nitrogen and oxygen atoms in total. The van der Waals surface area contributed by atoms with E-state index in [4.69, 9.17) is 13.9 Å². The second kappa shape index (κ2) is 7.69. The molecule has 0 spiro atoms. The molecular weight excluding hydrogens is 272 g/mol. The Labute approximate surface area is 121 Å². The summed E-state index contributed by atoms with van der Waals surface area (Å²) in [6, 6.07) is 12.0. The first-order valence-electron chi connectivity index (χ1n) is 6.36. The molecule has 21 heavy (non-hydrogen) atoms. The Morgan fingerprint density at radius 2 is 1.76 bits per heavy atom. The predicted octanol–water partition coefficient (Wildman–Crippen LogP) is 2.69. The lowest BCUT2D eigenvalue weighted by Crippen LogP contribution is -2.12. The van der Waals surface area contributed by atoms with Gasteiger partial charge in [0.25, 0.3) is 0 Å². The van der Waals surface area contributed by atoms with Gasteiger partial charge in [-0.2, -0.15) is 0 Å². The van der Waals surface area contributed by atoms with Crippen molar-refractivity contribution in [2.45, 2.75) is 0 Å². The molecule has 0 amide bonds. The van der Waals surface area contributed by atoms with E-state index in [0.29, 0.717) is 11.3 Å². The molecule has 0 atom stereocenters. The number of furan rings is 1. The minimum absolute atomic E-state index is 0.0000976. The van der Waals surface area contributed by atoms with Crippen molar-refractivity contribution in [2.75, 3.05) is 13.2 Å². The van der Waals surface area contributed by atoms with Crippen LogP contribution >= 0.6 is 0 Å². The van der Waals surface area contributed by atoms with Gasteiger partial charge in [0, 0.05) is 6.08 Å². The highest BCUT2D eigenvalue weighted by atomic mass is 16.6. The zero-order valence-corrected chi connectivity index (χ0v) is 11.2. The number of benzene rings is 1.